The number of hydrogen-bond acceptors (Lipinski definition) is 7. The van der Waals surface area contributed by atoms with Gasteiger partial charge in [-0.25, -0.2) is 14.5 Å². The van der Waals surface area contributed by atoms with Crippen LogP contribution in [0.4, 0.5) is 16.2 Å². The first-order valence-electron chi connectivity index (χ1n) is 8.89. The predicted octanol–water partition coefficient (Wildman–Crippen LogP) is 2.36. The van der Waals surface area contributed by atoms with Gasteiger partial charge >= 0.3 is 12.0 Å². The van der Waals surface area contributed by atoms with E-state index in [2.05, 4.69) is 0 Å². The maximum atomic E-state index is 13.0. The van der Waals surface area contributed by atoms with Crippen molar-refractivity contribution >= 4 is 41.3 Å². The lowest BCUT2D eigenvalue weighted by Crippen LogP contribution is -2.54. The molecular formula is C20H15N3O8. The molecule has 0 bridgehead atoms. The van der Waals surface area contributed by atoms with Gasteiger partial charge in [0.15, 0.2) is 0 Å². The van der Waals surface area contributed by atoms with Gasteiger partial charge in [-0.15, -0.1) is 0 Å². The molecule has 11 nitrogen and oxygen atoms in total. The summed E-state index contributed by atoms with van der Waals surface area (Å²) in [6.45, 7) is 1.93. The highest BCUT2D eigenvalue weighted by atomic mass is 16.6. The zero-order valence-electron chi connectivity index (χ0n) is 16.0. The van der Waals surface area contributed by atoms with Crippen molar-refractivity contribution in [3.63, 3.8) is 0 Å². The highest BCUT2D eigenvalue weighted by Crippen LogP contribution is 2.28. The normalized spacial score (nSPS) is 15.1. The maximum Gasteiger partial charge on any atom is 0.335 e. The number of carbonyl (C=O) groups is 4. The van der Waals surface area contributed by atoms with Crippen molar-refractivity contribution in [1.29, 1.82) is 0 Å². The molecule has 1 fully saturated rings. The molecule has 0 radical (unpaired) electrons. The van der Waals surface area contributed by atoms with Crippen LogP contribution in [0.2, 0.25) is 0 Å². The molecule has 0 aliphatic carbocycles. The van der Waals surface area contributed by atoms with E-state index in [0.717, 1.165) is 12.1 Å². The first kappa shape index (κ1) is 21.2. The fraction of sp³-hybridized carbons (Fsp3) is 0.100. The number of barbiturate groups is 1. The van der Waals surface area contributed by atoms with Crippen molar-refractivity contribution in [2.75, 3.05) is 11.5 Å². The van der Waals surface area contributed by atoms with Crippen LogP contribution in [-0.4, -0.2) is 40.5 Å². The van der Waals surface area contributed by atoms with E-state index in [-0.39, 0.29) is 34.9 Å². The van der Waals surface area contributed by atoms with Gasteiger partial charge in [-0.05, 0) is 37.3 Å². The Morgan fingerprint density at radius 3 is 2.61 bits per heavy atom. The minimum atomic E-state index is -1.23. The molecule has 1 aliphatic rings. The van der Waals surface area contributed by atoms with Crippen LogP contribution >= 0.6 is 0 Å². The lowest BCUT2D eigenvalue weighted by Gasteiger charge is -2.26. The third-order valence-corrected chi connectivity index (χ3v) is 4.26. The summed E-state index contributed by atoms with van der Waals surface area (Å²) in [6, 6.07) is 7.62. The fourth-order valence-corrected chi connectivity index (χ4v) is 2.87. The van der Waals surface area contributed by atoms with Crippen LogP contribution in [0.15, 0.2) is 48.0 Å². The van der Waals surface area contributed by atoms with Gasteiger partial charge in [0.25, 0.3) is 17.5 Å². The Morgan fingerprint density at radius 2 is 1.97 bits per heavy atom. The number of benzene rings is 2. The number of imide groups is 2. The molecule has 158 valence electrons. The van der Waals surface area contributed by atoms with Crippen LogP contribution in [0.25, 0.3) is 6.08 Å². The second-order valence-electron chi connectivity index (χ2n) is 6.23. The number of aromatic carboxylic acids is 1. The van der Waals surface area contributed by atoms with Crippen LogP contribution in [0.3, 0.4) is 0 Å². The van der Waals surface area contributed by atoms with E-state index < -0.39 is 34.3 Å². The number of rotatable bonds is 6. The molecule has 1 heterocycles. The van der Waals surface area contributed by atoms with E-state index in [1.54, 1.807) is 6.92 Å². The topological polar surface area (TPSA) is 156 Å². The maximum absolute atomic E-state index is 13.0. The lowest BCUT2D eigenvalue weighted by molar-refractivity contribution is -0.384. The van der Waals surface area contributed by atoms with Gasteiger partial charge in [0, 0.05) is 17.7 Å². The van der Waals surface area contributed by atoms with E-state index in [1.165, 1.54) is 36.4 Å². The summed E-state index contributed by atoms with van der Waals surface area (Å²) in [7, 11) is 0. The highest BCUT2D eigenvalue weighted by Gasteiger charge is 2.37. The minimum Gasteiger partial charge on any atom is -0.493 e. The Bertz CT molecular complexity index is 1150. The minimum absolute atomic E-state index is 0.106. The molecule has 1 aliphatic heterocycles. The van der Waals surface area contributed by atoms with Gasteiger partial charge in [-0.1, -0.05) is 6.07 Å². The molecule has 0 spiro atoms. The summed E-state index contributed by atoms with van der Waals surface area (Å²) in [5.41, 5.74) is -0.915. The van der Waals surface area contributed by atoms with E-state index in [4.69, 9.17) is 4.74 Å². The van der Waals surface area contributed by atoms with Crippen molar-refractivity contribution < 1.29 is 33.9 Å². The number of carboxylic acids is 1. The SMILES string of the molecule is CCOc1ccc(C(=O)O)cc1/C=C1\C(=O)NC(=O)N(c2cccc([N+](=O)[O-])c2)C1=O. The number of nitrogens with one attached hydrogen (secondary N) is 1. The van der Waals surface area contributed by atoms with Gasteiger partial charge in [0.1, 0.15) is 11.3 Å². The summed E-state index contributed by atoms with van der Waals surface area (Å²) < 4.78 is 5.42. The Morgan fingerprint density at radius 1 is 1.23 bits per heavy atom. The largest absolute Gasteiger partial charge is 0.493 e. The van der Waals surface area contributed by atoms with Crippen molar-refractivity contribution in [3.05, 3.63) is 69.3 Å². The molecule has 2 aromatic carbocycles. The number of carbonyl (C=O) groups excluding carboxylic acids is 3. The zero-order valence-corrected chi connectivity index (χ0v) is 16.0. The summed E-state index contributed by atoms with van der Waals surface area (Å²) in [6.07, 6.45) is 1.10. The van der Waals surface area contributed by atoms with Crippen molar-refractivity contribution in [1.82, 2.24) is 5.32 Å². The molecule has 1 saturated heterocycles. The molecule has 4 amide bonds. The number of carboxylic acid groups (broad SMARTS) is 1. The van der Waals surface area contributed by atoms with Crippen LogP contribution in [-0.2, 0) is 9.59 Å². The third-order valence-electron chi connectivity index (χ3n) is 4.26. The summed E-state index contributed by atoms with van der Waals surface area (Å²) in [4.78, 5) is 59.8. The van der Waals surface area contributed by atoms with Crippen molar-refractivity contribution in [2.45, 2.75) is 6.92 Å². The number of nitro groups is 1. The smallest absolute Gasteiger partial charge is 0.335 e. The summed E-state index contributed by atoms with van der Waals surface area (Å²) in [5, 5.41) is 22.2. The first-order valence-corrected chi connectivity index (χ1v) is 8.89. The number of nitro benzene ring substituents is 1. The molecule has 2 aromatic rings. The van der Waals surface area contributed by atoms with Gasteiger partial charge in [0.05, 0.1) is 22.8 Å². The van der Waals surface area contributed by atoms with E-state index in [9.17, 15) is 34.4 Å². The van der Waals surface area contributed by atoms with Crippen LogP contribution in [0.1, 0.15) is 22.8 Å². The van der Waals surface area contributed by atoms with E-state index >= 15 is 0 Å². The molecule has 31 heavy (non-hydrogen) atoms. The first-order chi connectivity index (χ1) is 14.7. The number of hydrogen-bond donors (Lipinski definition) is 2. The standard InChI is InChI=1S/C20H15N3O8/c1-2-31-16-7-6-11(19(26)27)8-12(16)9-15-17(24)21-20(28)22(18(15)25)13-4-3-5-14(10-13)23(29)30/h3-10H,2H2,1H3,(H,26,27)(H,21,24,28)/b15-9+. The Kier molecular flexibility index (Phi) is 5.77. The molecule has 0 unspecified atom stereocenters. The summed E-state index contributed by atoms with van der Waals surface area (Å²) in [5.74, 6) is -3.03. The molecule has 11 heteroatoms. The second kappa shape index (κ2) is 8.45. The highest BCUT2D eigenvalue weighted by molar-refractivity contribution is 6.39. The molecule has 0 aromatic heterocycles. The average Bonchev–Trinajstić information content (AvgIpc) is 2.72. The van der Waals surface area contributed by atoms with E-state index in [1.807, 2.05) is 5.32 Å². The fourth-order valence-electron chi connectivity index (χ4n) is 2.87. The molecule has 0 saturated carbocycles. The number of ether oxygens (including phenoxy) is 1. The van der Waals surface area contributed by atoms with Gasteiger partial charge in [-0.3, -0.25) is 25.0 Å². The molecule has 3 rings (SSSR count). The Labute approximate surface area is 174 Å². The number of amides is 4. The molecule has 2 N–H and O–H groups in total. The second-order valence-corrected chi connectivity index (χ2v) is 6.23. The lowest BCUT2D eigenvalue weighted by atomic mass is 10.0. The number of anilines is 1. The zero-order chi connectivity index (χ0) is 22.7. The van der Waals surface area contributed by atoms with Gasteiger partial charge < -0.3 is 9.84 Å². The monoisotopic (exact) mass is 425 g/mol. The van der Waals surface area contributed by atoms with Crippen LogP contribution in [0.5, 0.6) is 5.75 Å². The Hall–Kier alpha value is -4.54. The number of nitrogens with zero attached hydrogens (tertiary/aromatic N) is 2. The van der Waals surface area contributed by atoms with Crippen LogP contribution < -0.4 is 15.0 Å². The quantitative estimate of drug-likeness (QED) is 0.309. The van der Waals surface area contributed by atoms with Crippen LogP contribution in [0, 0.1) is 10.1 Å². The molecule has 0 atom stereocenters. The average molecular weight is 425 g/mol. The Balaban J connectivity index is 2.09. The van der Waals surface area contributed by atoms with Gasteiger partial charge in [-0.2, -0.15) is 0 Å². The third kappa shape index (κ3) is 4.24. The van der Waals surface area contributed by atoms with Gasteiger partial charge in [0.2, 0.25) is 0 Å². The summed E-state index contributed by atoms with van der Waals surface area (Å²) >= 11 is 0. The van der Waals surface area contributed by atoms with Crippen molar-refractivity contribution in [3.8, 4) is 5.75 Å². The number of non-ortho nitro benzene ring substituents is 1. The molecular weight excluding hydrogens is 410 g/mol. The van der Waals surface area contributed by atoms with E-state index in [0.29, 0.717) is 4.90 Å². The number of urea groups is 1. The predicted molar refractivity (Wildman–Crippen MR) is 107 cm³/mol. The van der Waals surface area contributed by atoms with Crippen molar-refractivity contribution in [2.24, 2.45) is 0 Å².